The Morgan fingerprint density at radius 1 is 1.08 bits per heavy atom. The molecule has 4 rings (SSSR count). The Morgan fingerprint density at radius 3 is 2.71 bits per heavy atom. The number of para-hydroxylation sites is 1. The molecule has 0 bridgehead atoms. The van der Waals surface area contributed by atoms with Crippen molar-refractivity contribution in [1.29, 1.82) is 0 Å². The molecule has 1 fully saturated rings. The molecule has 1 saturated heterocycles. The first-order valence-corrected chi connectivity index (χ1v) is 8.96. The van der Waals surface area contributed by atoms with Gasteiger partial charge in [-0.2, -0.15) is 0 Å². The second-order valence-electron chi connectivity index (χ2n) is 7.22. The average molecular weight is 319 g/mol. The largest absolute Gasteiger partial charge is 0.461 e. The molecule has 3 aromatic rings. The van der Waals surface area contributed by atoms with E-state index in [0.717, 1.165) is 31.0 Å². The maximum Gasteiger partial charge on any atom is 0.137 e. The Balaban J connectivity index is 1.52. The lowest BCUT2D eigenvalue weighted by molar-refractivity contribution is 0.156. The Morgan fingerprint density at radius 2 is 1.92 bits per heavy atom. The molecule has 0 aliphatic carbocycles. The molecule has 2 heteroatoms. The molecule has 1 aromatic heterocycles. The lowest BCUT2D eigenvalue weighted by atomic mass is 9.81. The summed E-state index contributed by atoms with van der Waals surface area (Å²) < 4.78 is 6.01. The molecular weight excluding hydrogens is 294 g/mol. The van der Waals surface area contributed by atoms with Crippen LogP contribution >= 0.6 is 0 Å². The van der Waals surface area contributed by atoms with Crippen molar-refractivity contribution in [3.63, 3.8) is 0 Å². The highest BCUT2D eigenvalue weighted by molar-refractivity contribution is 5.81. The van der Waals surface area contributed by atoms with Crippen LogP contribution < -0.4 is 0 Å². The number of benzene rings is 2. The quantitative estimate of drug-likeness (QED) is 0.645. The van der Waals surface area contributed by atoms with Crippen LogP contribution in [0.15, 0.2) is 59.0 Å². The lowest BCUT2D eigenvalue weighted by Gasteiger charge is -2.37. The topological polar surface area (TPSA) is 16.4 Å². The fourth-order valence-electron chi connectivity index (χ4n) is 4.19. The molecule has 2 aromatic carbocycles. The van der Waals surface area contributed by atoms with E-state index in [1.807, 2.05) is 6.92 Å². The second kappa shape index (κ2) is 6.45. The van der Waals surface area contributed by atoms with Crippen molar-refractivity contribution in [1.82, 2.24) is 4.90 Å². The third-order valence-electron chi connectivity index (χ3n) is 5.34. The van der Waals surface area contributed by atoms with E-state index in [4.69, 9.17) is 4.42 Å². The van der Waals surface area contributed by atoms with Crippen LogP contribution in [0.2, 0.25) is 0 Å². The minimum absolute atomic E-state index is 0.589. The van der Waals surface area contributed by atoms with Crippen LogP contribution in [-0.2, 0) is 6.54 Å². The van der Waals surface area contributed by atoms with Crippen LogP contribution in [0.4, 0.5) is 0 Å². The Hall–Kier alpha value is -2.06. The minimum atomic E-state index is 0.589. The summed E-state index contributed by atoms with van der Waals surface area (Å²) in [6.07, 6.45) is 1.20. The predicted octanol–water partition coefficient (Wildman–Crippen LogP) is 5.37. The van der Waals surface area contributed by atoms with E-state index in [1.165, 1.54) is 22.9 Å². The number of piperidine rings is 1. The zero-order chi connectivity index (χ0) is 16.5. The number of hydrogen-bond acceptors (Lipinski definition) is 2. The molecule has 1 aliphatic heterocycles. The monoisotopic (exact) mass is 319 g/mol. The highest BCUT2D eigenvalue weighted by Crippen LogP contribution is 2.37. The van der Waals surface area contributed by atoms with Crippen molar-refractivity contribution in [2.75, 3.05) is 13.1 Å². The number of hydrogen-bond donors (Lipinski definition) is 0. The summed E-state index contributed by atoms with van der Waals surface area (Å²) in [6.45, 7) is 7.78. The van der Waals surface area contributed by atoms with Crippen LogP contribution in [0.3, 0.4) is 0 Å². The average Bonchev–Trinajstić information content (AvgIpc) is 2.96. The van der Waals surface area contributed by atoms with Crippen molar-refractivity contribution in [3.8, 4) is 0 Å². The summed E-state index contributed by atoms with van der Waals surface area (Å²) in [4.78, 5) is 2.59. The van der Waals surface area contributed by atoms with E-state index >= 15 is 0 Å². The smallest absolute Gasteiger partial charge is 0.137 e. The van der Waals surface area contributed by atoms with Crippen LogP contribution in [0.1, 0.15) is 36.1 Å². The molecule has 2 atom stereocenters. The first-order chi connectivity index (χ1) is 11.7. The summed E-state index contributed by atoms with van der Waals surface area (Å²) in [5.41, 5.74) is 3.91. The summed E-state index contributed by atoms with van der Waals surface area (Å²) in [6, 6.07) is 19.5. The molecule has 0 amide bonds. The Bertz CT molecular complexity index is 820. The number of nitrogens with zero attached hydrogens (tertiary/aromatic N) is 1. The van der Waals surface area contributed by atoms with Gasteiger partial charge in [-0.15, -0.1) is 0 Å². The van der Waals surface area contributed by atoms with Crippen molar-refractivity contribution in [3.05, 3.63) is 71.5 Å². The van der Waals surface area contributed by atoms with Gasteiger partial charge < -0.3 is 4.42 Å². The zero-order valence-corrected chi connectivity index (χ0v) is 14.5. The molecule has 124 valence electrons. The molecule has 0 unspecified atom stereocenters. The van der Waals surface area contributed by atoms with Gasteiger partial charge in [-0.3, -0.25) is 4.90 Å². The SMILES string of the molecule is Cc1cc2cccc([C@H]3CCN(Cc4ccccc4)C[C@@H]3C)c2o1. The highest BCUT2D eigenvalue weighted by Gasteiger charge is 2.29. The first-order valence-electron chi connectivity index (χ1n) is 8.96. The van der Waals surface area contributed by atoms with Gasteiger partial charge >= 0.3 is 0 Å². The maximum atomic E-state index is 6.01. The summed E-state index contributed by atoms with van der Waals surface area (Å²) in [5.74, 6) is 2.23. The van der Waals surface area contributed by atoms with E-state index in [-0.39, 0.29) is 0 Å². The number of fused-ring (bicyclic) bond motifs is 1. The van der Waals surface area contributed by atoms with Gasteiger partial charge in [0.2, 0.25) is 0 Å². The molecule has 0 radical (unpaired) electrons. The molecule has 2 nitrogen and oxygen atoms in total. The third-order valence-corrected chi connectivity index (χ3v) is 5.34. The molecule has 0 spiro atoms. The van der Waals surface area contributed by atoms with Crippen LogP contribution in [0, 0.1) is 12.8 Å². The number of aryl methyl sites for hydroxylation is 1. The van der Waals surface area contributed by atoms with Crippen molar-refractivity contribution in [2.45, 2.75) is 32.7 Å². The minimum Gasteiger partial charge on any atom is -0.461 e. The van der Waals surface area contributed by atoms with Gasteiger partial charge in [0.15, 0.2) is 0 Å². The standard InChI is InChI=1S/C22H25NO/c1-16-14-23(15-18-7-4-3-5-8-18)12-11-20(16)21-10-6-9-19-13-17(2)24-22(19)21/h3-10,13,16,20H,11-12,14-15H2,1-2H3/t16-,20-/m0/s1. The Kier molecular flexibility index (Phi) is 4.15. The van der Waals surface area contributed by atoms with Gasteiger partial charge in [-0.25, -0.2) is 0 Å². The molecule has 0 saturated carbocycles. The zero-order valence-electron chi connectivity index (χ0n) is 14.5. The van der Waals surface area contributed by atoms with E-state index < -0.39 is 0 Å². The highest BCUT2D eigenvalue weighted by atomic mass is 16.3. The van der Waals surface area contributed by atoms with Gasteiger partial charge in [-0.1, -0.05) is 55.5 Å². The van der Waals surface area contributed by atoms with Gasteiger partial charge in [0.1, 0.15) is 11.3 Å². The van der Waals surface area contributed by atoms with Gasteiger partial charge in [0.25, 0.3) is 0 Å². The maximum absolute atomic E-state index is 6.01. The predicted molar refractivity (Wildman–Crippen MR) is 99.2 cm³/mol. The van der Waals surface area contributed by atoms with Crippen LogP contribution in [0.25, 0.3) is 11.0 Å². The molecular formula is C22H25NO. The number of rotatable bonds is 3. The van der Waals surface area contributed by atoms with E-state index in [9.17, 15) is 0 Å². The third kappa shape index (κ3) is 2.99. The van der Waals surface area contributed by atoms with Gasteiger partial charge in [-0.05, 0) is 48.9 Å². The van der Waals surface area contributed by atoms with Gasteiger partial charge in [0, 0.05) is 18.5 Å². The van der Waals surface area contributed by atoms with Crippen molar-refractivity contribution < 1.29 is 4.42 Å². The number of likely N-dealkylation sites (tertiary alicyclic amines) is 1. The fourth-order valence-corrected chi connectivity index (χ4v) is 4.19. The summed E-state index contributed by atoms with van der Waals surface area (Å²) in [7, 11) is 0. The number of furan rings is 1. The molecule has 2 heterocycles. The fraction of sp³-hybridized carbons (Fsp3) is 0.364. The Labute approximate surface area is 144 Å². The molecule has 0 N–H and O–H groups in total. The molecule has 1 aliphatic rings. The van der Waals surface area contributed by atoms with E-state index in [0.29, 0.717) is 11.8 Å². The summed E-state index contributed by atoms with van der Waals surface area (Å²) >= 11 is 0. The summed E-state index contributed by atoms with van der Waals surface area (Å²) in [5, 5.41) is 1.24. The van der Waals surface area contributed by atoms with Crippen molar-refractivity contribution in [2.24, 2.45) is 5.92 Å². The van der Waals surface area contributed by atoms with Crippen molar-refractivity contribution >= 4 is 11.0 Å². The first kappa shape index (κ1) is 15.5. The van der Waals surface area contributed by atoms with E-state index in [2.05, 4.69) is 66.4 Å². The van der Waals surface area contributed by atoms with E-state index in [1.54, 1.807) is 0 Å². The lowest BCUT2D eigenvalue weighted by Crippen LogP contribution is -2.37. The normalized spacial score (nSPS) is 22.1. The molecule has 24 heavy (non-hydrogen) atoms. The van der Waals surface area contributed by atoms with Gasteiger partial charge in [0.05, 0.1) is 0 Å². The second-order valence-corrected chi connectivity index (χ2v) is 7.22. The van der Waals surface area contributed by atoms with Crippen LogP contribution in [0.5, 0.6) is 0 Å². The van der Waals surface area contributed by atoms with Crippen LogP contribution in [-0.4, -0.2) is 18.0 Å².